The van der Waals surface area contributed by atoms with Gasteiger partial charge in [-0.05, 0) is 12.1 Å². The highest BCUT2D eigenvalue weighted by atomic mass is 32.1. The summed E-state index contributed by atoms with van der Waals surface area (Å²) in [6.45, 7) is -1.82. The maximum Gasteiger partial charge on any atom is 0.411 e. The molecule has 0 saturated carbocycles. The van der Waals surface area contributed by atoms with Crippen molar-refractivity contribution in [2.45, 2.75) is 6.18 Å². The maximum atomic E-state index is 13.5. The van der Waals surface area contributed by atoms with Gasteiger partial charge < -0.3 is 15.8 Å². The Morgan fingerprint density at radius 1 is 1.25 bits per heavy atom. The fraction of sp³-hybridized carbons (Fsp3) is 0.364. The minimum atomic E-state index is -4.42. The van der Waals surface area contributed by atoms with Gasteiger partial charge in [-0.2, -0.15) is 13.2 Å². The predicted molar refractivity (Wildman–Crippen MR) is 67.6 cm³/mol. The zero-order valence-electron chi connectivity index (χ0n) is 10.1. The molecule has 0 aromatic heterocycles. The summed E-state index contributed by atoms with van der Waals surface area (Å²) in [5.41, 5.74) is 4.74. The summed E-state index contributed by atoms with van der Waals surface area (Å²) in [5.74, 6) is -2.41. The van der Waals surface area contributed by atoms with E-state index < -0.39 is 24.4 Å². The summed E-state index contributed by atoms with van der Waals surface area (Å²) in [6, 6.07) is 2.37. The second-order valence-corrected chi connectivity index (χ2v) is 4.19. The molecule has 1 rings (SSSR count). The Hall–Kier alpha value is -1.48. The van der Waals surface area contributed by atoms with Gasteiger partial charge in [-0.1, -0.05) is 12.2 Å². The molecule has 0 aliphatic heterocycles. The average molecular weight is 314 g/mol. The first-order valence-electron chi connectivity index (χ1n) is 5.38. The molecule has 0 heterocycles. The zero-order chi connectivity index (χ0) is 15.3. The minimum Gasteiger partial charge on any atom is -0.389 e. The Bertz CT molecular complexity index is 492. The molecule has 0 atom stereocenters. The van der Waals surface area contributed by atoms with Gasteiger partial charge in [0, 0.05) is 12.1 Å². The van der Waals surface area contributed by atoms with Gasteiger partial charge in [-0.25, -0.2) is 8.78 Å². The number of ether oxygens (including phenoxy) is 1. The number of alkyl halides is 3. The molecule has 0 unspecified atom stereocenters. The number of halogens is 5. The lowest BCUT2D eigenvalue weighted by Crippen LogP contribution is -2.20. The molecule has 20 heavy (non-hydrogen) atoms. The number of benzene rings is 1. The predicted octanol–water partition coefficient (Wildman–Crippen LogP) is 2.59. The lowest BCUT2D eigenvalue weighted by molar-refractivity contribution is -0.172. The normalized spacial score (nSPS) is 11.4. The number of hydrogen-bond acceptors (Lipinski definition) is 3. The van der Waals surface area contributed by atoms with Crippen LogP contribution in [0.1, 0.15) is 5.56 Å². The fourth-order valence-corrected chi connectivity index (χ4v) is 1.48. The quantitative estimate of drug-likeness (QED) is 0.481. The second-order valence-electron chi connectivity index (χ2n) is 3.75. The van der Waals surface area contributed by atoms with Crippen molar-refractivity contribution in [2.75, 3.05) is 25.1 Å². The number of rotatable bonds is 6. The molecule has 0 amide bonds. The molecule has 0 radical (unpaired) electrons. The van der Waals surface area contributed by atoms with Crippen molar-refractivity contribution in [2.24, 2.45) is 5.73 Å². The molecule has 0 fully saturated rings. The Kier molecular flexibility index (Phi) is 5.63. The van der Waals surface area contributed by atoms with Crippen molar-refractivity contribution in [3.8, 4) is 0 Å². The SMILES string of the molecule is NC(=S)c1ccc(NCCOCC(F)(F)F)c(F)c1F. The maximum absolute atomic E-state index is 13.5. The fourth-order valence-electron chi connectivity index (χ4n) is 1.32. The van der Waals surface area contributed by atoms with E-state index in [4.69, 9.17) is 5.73 Å². The summed E-state index contributed by atoms with van der Waals surface area (Å²) in [7, 11) is 0. The van der Waals surface area contributed by atoms with E-state index in [0.717, 1.165) is 0 Å². The van der Waals surface area contributed by atoms with Gasteiger partial charge in [0.1, 0.15) is 11.6 Å². The molecule has 0 saturated heterocycles. The van der Waals surface area contributed by atoms with Crippen molar-refractivity contribution < 1.29 is 26.7 Å². The Labute approximate surface area is 116 Å². The van der Waals surface area contributed by atoms with Gasteiger partial charge in [0.05, 0.1) is 12.3 Å². The van der Waals surface area contributed by atoms with Crippen molar-refractivity contribution in [3.05, 3.63) is 29.3 Å². The van der Waals surface area contributed by atoms with Crippen LogP contribution < -0.4 is 11.1 Å². The highest BCUT2D eigenvalue weighted by molar-refractivity contribution is 7.80. The molecule has 0 spiro atoms. The third-order valence-electron chi connectivity index (χ3n) is 2.18. The van der Waals surface area contributed by atoms with E-state index in [1.54, 1.807) is 0 Å². The van der Waals surface area contributed by atoms with Crippen LogP contribution in [0.4, 0.5) is 27.6 Å². The number of thiocarbonyl (C=S) groups is 1. The van der Waals surface area contributed by atoms with Crippen LogP contribution in [-0.2, 0) is 4.74 Å². The molecule has 1 aromatic carbocycles. The van der Waals surface area contributed by atoms with E-state index in [-0.39, 0.29) is 29.4 Å². The van der Waals surface area contributed by atoms with E-state index in [9.17, 15) is 22.0 Å². The first kappa shape index (κ1) is 16.6. The average Bonchev–Trinajstić information content (AvgIpc) is 2.32. The molecular weight excluding hydrogens is 303 g/mol. The van der Waals surface area contributed by atoms with Crippen LogP contribution in [0.3, 0.4) is 0 Å². The Morgan fingerprint density at radius 2 is 1.90 bits per heavy atom. The lowest BCUT2D eigenvalue weighted by atomic mass is 10.2. The highest BCUT2D eigenvalue weighted by Gasteiger charge is 2.27. The summed E-state index contributed by atoms with van der Waals surface area (Å²) < 4.78 is 66.6. The van der Waals surface area contributed by atoms with Crippen LogP contribution in [0.15, 0.2) is 12.1 Å². The van der Waals surface area contributed by atoms with Gasteiger partial charge in [0.25, 0.3) is 0 Å². The van der Waals surface area contributed by atoms with Gasteiger partial charge in [-0.15, -0.1) is 0 Å². The molecule has 112 valence electrons. The topological polar surface area (TPSA) is 47.3 Å². The largest absolute Gasteiger partial charge is 0.411 e. The number of anilines is 1. The first-order valence-corrected chi connectivity index (χ1v) is 5.79. The van der Waals surface area contributed by atoms with Crippen molar-refractivity contribution in [1.82, 2.24) is 0 Å². The summed E-state index contributed by atoms with van der Waals surface area (Å²) >= 11 is 4.53. The molecule has 1 aromatic rings. The first-order chi connectivity index (χ1) is 9.22. The van der Waals surface area contributed by atoms with Crippen LogP contribution >= 0.6 is 12.2 Å². The molecule has 3 N–H and O–H groups in total. The third-order valence-corrected chi connectivity index (χ3v) is 2.40. The van der Waals surface area contributed by atoms with Crippen molar-refractivity contribution in [3.63, 3.8) is 0 Å². The van der Waals surface area contributed by atoms with Crippen LogP contribution in [0.25, 0.3) is 0 Å². The van der Waals surface area contributed by atoms with Crippen LogP contribution in [-0.4, -0.2) is 30.9 Å². The highest BCUT2D eigenvalue weighted by Crippen LogP contribution is 2.20. The molecule has 0 bridgehead atoms. The van der Waals surface area contributed by atoms with Gasteiger partial charge >= 0.3 is 6.18 Å². The summed E-state index contributed by atoms with van der Waals surface area (Å²) in [4.78, 5) is -0.290. The van der Waals surface area contributed by atoms with Crippen molar-refractivity contribution >= 4 is 22.9 Å². The zero-order valence-corrected chi connectivity index (χ0v) is 10.9. The third kappa shape index (κ3) is 4.89. The number of nitrogens with one attached hydrogen (secondary N) is 1. The standard InChI is InChI=1S/C11H11F5N2OS/c12-8-6(10(17)20)1-2-7(9(8)13)18-3-4-19-5-11(14,15)16/h1-2,18H,3-5H2,(H2,17,20). The van der Waals surface area contributed by atoms with Crippen molar-refractivity contribution in [1.29, 1.82) is 0 Å². The van der Waals surface area contributed by atoms with E-state index in [2.05, 4.69) is 22.3 Å². The molecule has 9 heteroatoms. The van der Waals surface area contributed by atoms with E-state index in [1.807, 2.05) is 0 Å². The monoisotopic (exact) mass is 314 g/mol. The molecule has 0 aliphatic carbocycles. The second kappa shape index (κ2) is 6.80. The lowest BCUT2D eigenvalue weighted by Gasteiger charge is -2.11. The Balaban J connectivity index is 2.53. The Morgan fingerprint density at radius 3 is 2.45 bits per heavy atom. The smallest absolute Gasteiger partial charge is 0.389 e. The van der Waals surface area contributed by atoms with Gasteiger partial charge in [0.15, 0.2) is 11.6 Å². The summed E-state index contributed by atoms with van der Waals surface area (Å²) in [6.07, 6.45) is -4.42. The van der Waals surface area contributed by atoms with Crippen LogP contribution in [0, 0.1) is 11.6 Å². The number of nitrogens with two attached hydrogens (primary N) is 1. The molecular formula is C11H11F5N2OS. The molecule has 0 aliphatic rings. The molecule has 3 nitrogen and oxygen atoms in total. The minimum absolute atomic E-state index is 0.112. The summed E-state index contributed by atoms with van der Waals surface area (Å²) in [5, 5.41) is 2.41. The van der Waals surface area contributed by atoms with E-state index in [0.29, 0.717) is 0 Å². The van der Waals surface area contributed by atoms with Gasteiger partial charge in [0.2, 0.25) is 0 Å². The van der Waals surface area contributed by atoms with E-state index >= 15 is 0 Å². The van der Waals surface area contributed by atoms with Crippen LogP contribution in [0.5, 0.6) is 0 Å². The number of hydrogen-bond donors (Lipinski definition) is 2. The van der Waals surface area contributed by atoms with Crippen LogP contribution in [0.2, 0.25) is 0 Å². The van der Waals surface area contributed by atoms with Gasteiger partial charge in [-0.3, -0.25) is 0 Å². The van der Waals surface area contributed by atoms with E-state index in [1.165, 1.54) is 12.1 Å².